The van der Waals surface area contributed by atoms with Gasteiger partial charge in [-0.2, -0.15) is 0 Å². The van der Waals surface area contributed by atoms with E-state index in [1.165, 1.54) is 0 Å². The van der Waals surface area contributed by atoms with Crippen molar-refractivity contribution in [3.05, 3.63) is 35.9 Å². The van der Waals surface area contributed by atoms with E-state index in [2.05, 4.69) is 10.6 Å². The molecule has 0 saturated heterocycles. The zero-order valence-electron chi connectivity index (χ0n) is 16.7. The number of carboxylic acid groups (broad SMARTS) is 1. The van der Waals surface area contributed by atoms with Gasteiger partial charge in [-0.15, -0.1) is 0 Å². The lowest BCUT2D eigenvalue weighted by Gasteiger charge is -2.23. The maximum absolute atomic E-state index is 12.7. The Hall–Kier alpha value is -3.51. The lowest BCUT2D eigenvalue weighted by molar-refractivity contribution is -0.139. The van der Waals surface area contributed by atoms with Crippen LogP contribution in [-0.2, 0) is 30.4 Å². The first-order valence-electron chi connectivity index (χ1n) is 9.43. The fourth-order valence-corrected chi connectivity index (χ4v) is 2.52. The molecule has 3 atom stereocenters. The highest BCUT2D eigenvalue weighted by atomic mass is 16.4. The van der Waals surface area contributed by atoms with E-state index in [0.29, 0.717) is 5.56 Å². The fourth-order valence-electron chi connectivity index (χ4n) is 2.52. The highest BCUT2D eigenvalue weighted by Gasteiger charge is 2.28. The second kappa shape index (κ2) is 12.9. The first kappa shape index (κ1) is 25.5. The maximum Gasteiger partial charge on any atom is 0.322 e. The van der Waals surface area contributed by atoms with Gasteiger partial charge in [0.15, 0.2) is 0 Å². The molecule has 0 aliphatic rings. The topological polar surface area (TPSA) is 214 Å². The Morgan fingerprint density at radius 1 is 0.935 bits per heavy atom. The van der Waals surface area contributed by atoms with Gasteiger partial charge in [-0.3, -0.25) is 24.0 Å². The largest absolute Gasteiger partial charge is 0.480 e. The van der Waals surface area contributed by atoms with E-state index in [-0.39, 0.29) is 19.3 Å². The summed E-state index contributed by atoms with van der Waals surface area (Å²) in [6.45, 7) is -1.48. The molecule has 0 saturated carbocycles. The number of hydrogen-bond donors (Lipinski definition) is 7. The van der Waals surface area contributed by atoms with E-state index in [1.807, 2.05) is 5.32 Å². The van der Waals surface area contributed by atoms with Crippen LogP contribution in [0.1, 0.15) is 18.4 Å². The van der Waals surface area contributed by atoms with Crippen molar-refractivity contribution in [1.82, 2.24) is 16.0 Å². The number of aliphatic hydroxyl groups excluding tert-OH is 1. The Balaban J connectivity index is 2.89. The van der Waals surface area contributed by atoms with Crippen LogP contribution in [0.2, 0.25) is 0 Å². The molecule has 1 aromatic rings. The lowest BCUT2D eigenvalue weighted by Crippen LogP contribution is -2.57. The molecule has 12 nitrogen and oxygen atoms in total. The molecule has 1 aromatic carbocycles. The molecule has 3 unspecified atom stereocenters. The molecule has 4 amide bonds. The monoisotopic (exact) mass is 437 g/mol. The van der Waals surface area contributed by atoms with Gasteiger partial charge in [-0.25, -0.2) is 0 Å². The molecule has 0 heterocycles. The zero-order valence-corrected chi connectivity index (χ0v) is 16.7. The second-order valence-electron chi connectivity index (χ2n) is 6.72. The van der Waals surface area contributed by atoms with Gasteiger partial charge in [-0.05, 0) is 12.0 Å². The van der Waals surface area contributed by atoms with E-state index < -0.39 is 60.9 Å². The van der Waals surface area contributed by atoms with Crippen molar-refractivity contribution < 1.29 is 34.2 Å². The summed E-state index contributed by atoms with van der Waals surface area (Å²) in [5, 5.41) is 24.8. The molecule has 12 heteroatoms. The van der Waals surface area contributed by atoms with Crippen molar-refractivity contribution in [2.24, 2.45) is 11.5 Å². The minimum atomic E-state index is -1.43. The number of aliphatic carboxylic acids is 1. The van der Waals surface area contributed by atoms with E-state index in [0.717, 1.165) is 0 Å². The standard InChI is InChI=1S/C19H27N5O7/c20-12(6-7-15(21)26)17(29)23-13(8-11-4-2-1-3-5-11)19(31)24-14(10-25)18(30)22-9-16(27)28/h1-5,12-14,25H,6-10,20H2,(H2,21,26)(H,22,30)(H,23,29)(H,24,31)(H,27,28). The maximum atomic E-state index is 12.7. The number of amides is 4. The molecular formula is C19H27N5O7. The number of benzene rings is 1. The molecule has 0 aliphatic heterocycles. The Morgan fingerprint density at radius 2 is 1.55 bits per heavy atom. The van der Waals surface area contributed by atoms with Crippen molar-refractivity contribution in [3.63, 3.8) is 0 Å². The van der Waals surface area contributed by atoms with Crippen LogP contribution in [0.3, 0.4) is 0 Å². The number of carbonyl (C=O) groups is 5. The summed E-state index contributed by atoms with van der Waals surface area (Å²) >= 11 is 0. The van der Waals surface area contributed by atoms with Gasteiger partial charge in [0.05, 0.1) is 12.6 Å². The molecule has 0 fully saturated rings. The number of hydrogen-bond acceptors (Lipinski definition) is 7. The van der Waals surface area contributed by atoms with Crippen molar-refractivity contribution >= 4 is 29.6 Å². The third kappa shape index (κ3) is 9.69. The Labute approximate surface area is 178 Å². The van der Waals surface area contributed by atoms with Crippen LogP contribution in [0.25, 0.3) is 0 Å². The van der Waals surface area contributed by atoms with Crippen LogP contribution in [0, 0.1) is 0 Å². The van der Waals surface area contributed by atoms with Crippen molar-refractivity contribution in [2.75, 3.05) is 13.2 Å². The molecule has 0 aliphatic carbocycles. The van der Waals surface area contributed by atoms with Gasteiger partial charge in [0.1, 0.15) is 18.6 Å². The normalized spacial score (nSPS) is 13.4. The Kier molecular flexibility index (Phi) is 10.6. The SMILES string of the molecule is NC(=O)CCC(N)C(=O)NC(Cc1ccccc1)C(=O)NC(CO)C(=O)NCC(=O)O. The first-order valence-corrected chi connectivity index (χ1v) is 9.43. The van der Waals surface area contributed by atoms with E-state index in [4.69, 9.17) is 16.6 Å². The van der Waals surface area contributed by atoms with Crippen LogP contribution in [0.5, 0.6) is 0 Å². The molecule has 0 aromatic heterocycles. The van der Waals surface area contributed by atoms with Gasteiger partial charge < -0.3 is 37.6 Å². The van der Waals surface area contributed by atoms with E-state index in [1.54, 1.807) is 30.3 Å². The second-order valence-corrected chi connectivity index (χ2v) is 6.72. The number of aliphatic hydroxyl groups is 1. The molecule has 0 radical (unpaired) electrons. The Morgan fingerprint density at radius 3 is 2.10 bits per heavy atom. The average Bonchev–Trinajstić information content (AvgIpc) is 2.73. The van der Waals surface area contributed by atoms with E-state index >= 15 is 0 Å². The zero-order chi connectivity index (χ0) is 23.4. The van der Waals surface area contributed by atoms with Gasteiger partial charge in [0.2, 0.25) is 23.6 Å². The molecule has 0 bridgehead atoms. The number of nitrogens with two attached hydrogens (primary N) is 2. The summed E-state index contributed by atoms with van der Waals surface area (Å²) in [6, 6.07) is 5.02. The molecule has 0 spiro atoms. The van der Waals surface area contributed by atoms with Crippen LogP contribution in [0.15, 0.2) is 30.3 Å². The number of carbonyl (C=O) groups excluding carboxylic acids is 4. The van der Waals surface area contributed by atoms with Crippen molar-refractivity contribution in [2.45, 2.75) is 37.4 Å². The van der Waals surface area contributed by atoms with E-state index in [9.17, 15) is 29.1 Å². The molecular weight excluding hydrogens is 410 g/mol. The van der Waals surface area contributed by atoms with Gasteiger partial charge >= 0.3 is 5.97 Å². The predicted octanol–water partition coefficient (Wildman–Crippen LogP) is -3.02. The van der Waals surface area contributed by atoms with Crippen LogP contribution < -0.4 is 27.4 Å². The molecule has 9 N–H and O–H groups in total. The number of carboxylic acids is 1. The summed E-state index contributed by atoms with van der Waals surface area (Å²) in [4.78, 5) is 58.5. The smallest absolute Gasteiger partial charge is 0.322 e. The minimum absolute atomic E-state index is 0.0162. The summed E-state index contributed by atoms with van der Waals surface area (Å²) in [6.07, 6.45) is -0.0754. The summed E-state index contributed by atoms with van der Waals surface area (Å²) < 4.78 is 0. The molecule has 31 heavy (non-hydrogen) atoms. The third-order valence-corrected chi connectivity index (χ3v) is 4.18. The van der Waals surface area contributed by atoms with Gasteiger partial charge in [0, 0.05) is 12.8 Å². The first-order chi connectivity index (χ1) is 14.6. The minimum Gasteiger partial charge on any atom is -0.480 e. The van der Waals surface area contributed by atoms with Gasteiger partial charge in [-0.1, -0.05) is 30.3 Å². The van der Waals surface area contributed by atoms with Crippen molar-refractivity contribution in [3.8, 4) is 0 Å². The van der Waals surface area contributed by atoms with Crippen LogP contribution in [0.4, 0.5) is 0 Å². The van der Waals surface area contributed by atoms with Crippen LogP contribution >= 0.6 is 0 Å². The summed E-state index contributed by atoms with van der Waals surface area (Å²) in [5.41, 5.74) is 11.5. The molecule has 170 valence electrons. The fraction of sp³-hybridized carbons (Fsp3) is 0.421. The van der Waals surface area contributed by atoms with Gasteiger partial charge in [0.25, 0.3) is 0 Å². The van der Waals surface area contributed by atoms with Crippen LogP contribution in [-0.4, -0.2) is 71.1 Å². The summed E-state index contributed by atoms with van der Waals surface area (Å²) in [7, 11) is 0. The summed E-state index contributed by atoms with van der Waals surface area (Å²) in [5.74, 6) is -4.31. The lowest BCUT2D eigenvalue weighted by atomic mass is 10.0. The number of primary amides is 1. The highest BCUT2D eigenvalue weighted by molar-refractivity contribution is 5.94. The third-order valence-electron chi connectivity index (χ3n) is 4.18. The number of rotatable bonds is 13. The Bertz CT molecular complexity index is 787. The number of nitrogens with one attached hydrogen (secondary N) is 3. The average molecular weight is 437 g/mol. The predicted molar refractivity (Wildman–Crippen MR) is 108 cm³/mol. The highest BCUT2D eigenvalue weighted by Crippen LogP contribution is 2.05. The van der Waals surface area contributed by atoms with Crippen molar-refractivity contribution in [1.29, 1.82) is 0 Å². The molecule has 1 rings (SSSR count). The quantitative estimate of drug-likeness (QED) is 0.168.